The normalized spacial score (nSPS) is 17.9. The number of hydrogen-bond acceptors (Lipinski definition) is 10. The van der Waals surface area contributed by atoms with Crippen molar-refractivity contribution in [2.24, 2.45) is 14.1 Å². The minimum absolute atomic E-state index is 0.0293. The molecule has 356 valence electrons. The molecule has 3 aliphatic rings. The molecule has 0 saturated carbocycles. The Balaban J connectivity index is 0.871. The van der Waals surface area contributed by atoms with Crippen LogP contribution >= 0.6 is 0 Å². The van der Waals surface area contributed by atoms with Gasteiger partial charge in [0.15, 0.2) is 12.5 Å². The Morgan fingerprint density at radius 1 is 0.824 bits per heavy atom. The summed E-state index contributed by atoms with van der Waals surface area (Å²) in [6, 6.07) is 20.6. The van der Waals surface area contributed by atoms with E-state index in [0.717, 1.165) is 36.8 Å². The Kier molecular flexibility index (Phi) is 14.6. The van der Waals surface area contributed by atoms with Crippen LogP contribution in [0.4, 0.5) is 33.2 Å². The summed E-state index contributed by atoms with van der Waals surface area (Å²) in [5, 5.41) is 8.68. The third-order valence-corrected chi connectivity index (χ3v) is 12.3. The number of rotatable bonds is 15. The van der Waals surface area contributed by atoms with Crippen molar-refractivity contribution in [1.29, 1.82) is 0 Å². The van der Waals surface area contributed by atoms with Gasteiger partial charge in [0.25, 0.3) is 17.7 Å². The van der Waals surface area contributed by atoms with Gasteiger partial charge >= 0.3 is 6.09 Å². The van der Waals surface area contributed by atoms with E-state index in [9.17, 15) is 24.0 Å². The van der Waals surface area contributed by atoms with Gasteiger partial charge < -0.3 is 54.7 Å². The predicted molar refractivity (Wildman–Crippen MR) is 259 cm³/mol. The monoisotopic (exact) mass is 926 g/mol. The van der Waals surface area contributed by atoms with E-state index in [0.29, 0.717) is 89.1 Å². The predicted octanol–water partition coefficient (Wildman–Crippen LogP) is 8.23. The molecule has 2 fully saturated rings. The van der Waals surface area contributed by atoms with Crippen molar-refractivity contribution >= 4 is 58.2 Å². The van der Waals surface area contributed by atoms with Crippen molar-refractivity contribution < 1.29 is 42.9 Å². The van der Waals surface area contributed by atoms with Crippen LogP contribution in [0.2, 0.25) is 0 Å². The molecule has 2 unspecified atom stereocenters. The molecule has 8 rings (SSSR count). The molecule has 17 heteroatoms. The number of nitrogens with zero attached hydrogens (tertiary/aromatic N) is 4. The standard InChI is InChI=1S/C51H58N8O9/c1-5-23-67-51(64)59-41-29-44(32(2)26-39(41)49(63)58-22-8-6-11-40(58)50(59)68-46-13-7-9-24-66-46)65-25-10-12-45(60)53-38-28-43(57(4)31-38)48(62)54-36-18-14-33(15-19-36)34-27-42(56(3)30-34)47(61)55-37-20-16-35(52)17-21-37/h5,14-21,26-31,40,46,50H,1,6-13,22-25,52H2,2-4H3,(H,53,60)(H,54,62)(H,55,61)/t40-,46?,50?/m0/s1. The first-order valence-electron chi connectivity index (χ1n) is 23.0. The number of benzene rings is 3. The second-order valence-electron chi connectivity index (χ2n) is 17.3. The van der Waals surface area contributed by atoms with Crippen LogP contribution in [0.1, 0.15) is 88.3 Å². The molecule has 0 bridgehead atoms. The van der Waals surface area contributed by atoms with E-state index in [1.54, 1.807) is 90.1 Å². The highest BCUT2D eigenvalue weighted by molar-refractivity contribution is 6.07. The lowest BCUT2D eigenvalue weighted by molar-refractivity contribution is -0.198. The van der Waals surface area contributed by atoms with Crippen LogP contribution in [0.25, 0.3) is 11.1 Å². The number of nitrogens with one attached hydrogen (secondary N) is 3. The van der Waals surface area contributed by atoms with Crippen molar-refractivity contribution in [3.8, 4) is 16.9 Å². The summed E-state index contributed by atoms with van der Waals surface area (Å²) in [6.07, 6.45) is 8.29. The third-order valence-electron chi connectivity index (χ3n) is 12.3. The van der Waals surface area contributed by atoms with Gasteiger partial charge in [0.2, 0.25) is 5.91 Å². The average Bonchev–Trinajstić information content (AvgIpc) is 3.89. The number of nitrogens with two attached hydrogens (primary N) is 1. The van der Waals surface area contributed by atoms with Crippen LogP contribution in [-0.2, 0) is 33.1 Å². The van der Waals surface area contributed by atoms with Gasteiger partial charge in [-0.25, -0.2) is 9.69 Å². The number of hydrogen-bond donors (Lipinski definition) is 4. The van der Waals surface area contributed by atoms with Gasteiger partial charge in [-0.3, -0.25) is 19.2 Å². The lowest BCUT2D eigenvalue weighted by Crippen LogP contribution is -2.57. The van der Waals surface area contributed by atoms with E-state index in [2.05, 4.69) is 22.5 Å². The molecule has 5 amide bonds. The van der Waals surface area contributed by atoms with Crippen LogP contribution in [-0.4, -0.2) is 88.7 Å². The first kappa shape index (κ1) is 47.1. The number of fused-ring (bicyclic) bond motifs is 2. The van der Waals surface area contributed by atoms with Gasteiger partial charge in [0.05, 0.1) is 29.6 Å². The topological polar surface area (TPSA) is 201 Å². The first-order chi connectivity index (χ1) is 32.9. The fourth-order valence-corrected chi connectivity index (χ4v) is 8.85. The van der Waals surface area contributed by atoms with Crippen molar-refractivity contribution in [3.63, 3.8) is 0 Å². The molecule has 17 nitrogen and oxygen atoms in total. The quantitative estimate of drug-likeness (QED) is 0.0450. The molecule has 2 saturated heterocycles. The van der Waals surface area contributed by atoms with Gasteiger partial charge in [-0.15, -0.1) is 0 Å². The van der Waals surface area contributed by atoms with Gasteiger partial charge in [-0.1, -0.05) is 24.8 Å². The number of carbonyl (C=O) groups is 5. The Morgan fingerprint density at radius 3 is 2.22 bits per heavy atom. The summed E-state index contributed by atoms with van der Waals surface area (Å²) >= 11 is 0. The lowest BCUT2D eigenvalue weighted by atomic mass is 10.00. The summed E-state index contributed by atoms with van der Waals surface area (Å²) in [5.74, 6) is -0.633. The molecule has 5 heterocycles. The Morgan fingerprint density at radius 2 is 1.51 bits per heavy atom. The zero-order valence-electron chi connectivity index (χ0n) is 38.6. The second-order valence-corrected chi connectivity index (χ2v) is 17.3. The molecule has 0 aliphatic carbocycles. The van der Waals surface area contributed by atoms with Crippen LogP contribution in [0.15, 0.2) is 97.8 Å². The molecule has 5 aromatic rings. The second kappa shape index (κ2) is 21.1. The largest absolute Gasteiger partial charge is 0.493 e. The zero-order valence-corrected chi connectivity index (χ0v) is 38.6. The highest BCUT2D eigenvalue weighted by atomic mass is 16.7. The molecule has 0 spiro atoms. The zero-order chi connectivity index (χ0) is 47.9. The van der Waals surface area contributed by atoms with Crippen LogP contribution in [0, 0.1) is 6.92 Å². The number of ether oxygens (including phenoxy) is 4. The SMILES string of the molecule is C=CCOC(=O)N1c2cc(OCCCC(=O)Nc3cc(C(=O)Nc4ccc(-c5cc(C(=O)Nc6ccc(N)cc6)n(C)c5)cc4)n(C)c3)c(C)cc2C(=O)N2CCCC[C@H]2C1OC1CCCCO1. The molecule has 0 radical (unpaired) electrons. The number of aryl methyl sites for hydroxylation is 3. The maximum Gasteiger partial charge on any atom is 0.416 e. The van der Waals surface area contributed by atoms with Crippen LogP contribution in [0.3, 0.4) is 0 Å². The molecule has 3 atom stereocenters. The number of amides is 5. The Bertz CT molecular complexity index is 2670. The van der Waals surface area contributed by atoms with E-state index in [-0.39, 0.29) is 43.3 Å². The third kappa shape index (κ3) is 10.7. The number of nitrogen functional groups attached to an aromatic ring is 1. The summed E-state index contributed by atoms with van der Waals surface area (Å²) in [5.41, 5.74) is 11.9. The number of piperidine rings is 1. The molecular weight excluding hydrogens is 869 g/mol. The molecule has 5 N–H and O–H groups in total. The van der Waals surface area contributed by atoms with Gasteiger partial charge in [0.1, 0.15) is 23.7 Å². The van der Waals surface area contributed by atoms with Crippen LogP contribution in [0.5, 0.6) is 5.75 Å². The smallest absolute Gasteiger partial charge is 0.416 e. The van der Waals surface area contributed by atoms with E-state index < -0.39 is 24.7 Å². The van der Waals surface area contributed by atoms with Gasteiger partial charge in [0, 0.05) is 74.8 Å². The van der Waals surface area contributed by atoms with Crippen molar-refractivity contribution in [3.05, 3.63) is 120 Å². The molecule has 68 heavy (non-hydrogen) atoms. The van der Waals surface area contributed by atoms with E-state index in [1.165, 1.54) is 11.0 Å². The maximum absolute atomic E-state index is 14.2. The van der Waals surface area contributed by atoms with Crippen molar-refractivity contribution in [1.82, 2.24) is 14.0 Å². The molecule has 2 aromatic heterocycles. The van der Waals surface area contributed by atoms with E-state index in [4.69, 9.17) is 24.7 Å². The van der Waals surface area contributed by atoms with Crippen molar-refractivity contribution in [2.75, 3.05) is 52.9 Å². The van der Waals surface area contributed by atoms with Crippen molar-refractivity contribution in [2.45, 2.75) is 76.9 Å². The Hall–Kier alpha value is -7.37. The number of aromatic nitrogens is 2. The van der Waals surface area contributed by atoms with Gasteiger partial charge in [-0.2, -0.15) is 0 Å². The maximum atomic E-state index is 14.2. The van der Waals surface area contributed by atoms with Gasteiger partial charge in [-0.05, 0) is 118 Å². The minimum Gasteiger partial charge on any atom is -0.493 e. The average molecular weight is 927 g/mol. The van der Waals surface area contributed by atoms with E-state index in [1.807, 2.05) is 30.2 Å². The summed E-state index contributed by atoms with van der Waals surface area (Å²) in [7, 11) is 3.52. The summed E-state index contributed by atoms with van der Waals surface area (Å²) in [6.45, 7) is 6.76. The molecule has 3 aromatic carbocycles. The van der Waals surface area contributed by atoms with E-state index >= 15 is 0 Å². The number of anilines is 5. The summed E-state index contributed by atoms with van der Waals surface area (Å²) in [4.78, 5) is 70.9. The highest BCUT2D eigenvalue weighted by Gasteiger charge is 2.46. The lowest BCUT2D eigenvalue weighted by Gasteiger charge is -2.42. The molecule has 3 aliphatic heterocycles. The Labute approximate surface area is 395 Å². The first-order valence-corrected chi connectivity index (χ1v) is 23.0. The van der Waals surface area contributed by atoms with Crippen LogP contribution < -0.4 is 31.3 Å². The highest BCUT2D eigenvalue weighted by Crippen LogP contribution is 2.40. The fourth-order valence-electron chi connectivity index (χ4n) is 8.85. The minimum atomic E-state index is -0.864. The molecular formula is C51H58N8O9. The number of carbonyl (C=O) groups excluding carboxylic acids is 5. The summed E-state index contributed by atoms with van der Waals surface area (Å²) < 4.78 is 27.8. The fraction of sp³-hybridized carbons (Fsp3) is 0.353.